The minimum absolute atomic E-state index is 0.769. The zero-order valence-corrected chi connectivity index (χ0v) is 11.5. The van der Waals surface area contributed by atoms with Gasteiger partial charge in [-0.25, -0.2) is 4.98 Å². The van der Waals surface area contributed by atoms with E-state index in [0.717, 1.165) is 17.9 Å². The lowest BCUT2D eigenvalue weighted by molar-refractivity contribution is 0.617. The number of benzene rings is 2. The zero-order valence-electron chi connectivity index (χ0n) is 11.5. The van der Waals surface area contributed by atoms with E-state index in [2.05, 4.69) is 65.0 Å². The van der Waals surface area contributed by atoms with E-state index in [1.807, 2.05) is 24.0 Å². The molecule has 0 aliphatic heterocycles. The van der Waals surface area contributed by atoms with E-state index in [1.165, 1.54) is 11.1 Å². The van der Waals surface area contributed by atoms with Crippen molar-refractivity contribution in [3.8, 4) is 22.4 Å². The number of rotatable bonds is 4. The molecule has 1 N–H and O–H groups in total. The highest BCUT2D eigenvalue weighted by atomic mass is 15.1. The summed E-state index contributed by atoms with van der Waals surface area (Å²) >= 11 is 0. The summed E-state index contributed by atoms with van der Waals surface area (Å²) in [6.45, 7) is 0.769. The third-order valence-electron chi connectivity index (χ3n) is 3.24. The molecular weight excluding hydrogens is 246 g/mol. The first kappa shape index (κ1) is 12.6. The monoisotopic (exact) mass is 263 g/mol. The molecule has 3 heteroatoms. The summed E-state index contributed by atoms with van der Waals surface area (Å²) in [6.07, 6.45) is 3.90. The third kappa shape index (κ3) is 2.63. The van der Waals surface area contributed by atoms with Crippen molar-refractivity contribution in [3.05, 3.63) is 67.1 Å². The van der Waals surface area contributed by atoms with Gasteiger partial charge >= 0.3 is 0 Å². The molecule has 0 saturated carbocycles. The largest absolute Gasteiger partial charge is 0.324 e. The van der Waals surface area contributed by atoms with Gasteiger partial charge in [0, 0.05) is 11.8 Å². The summed E-state index contributed by atoms with van der Waals surface area (Å²) in [7, 11) is 1.93. The molecule has 0 atom stereocenters. The minimum atomic E-state index is 0.769. The maximum atomic E-state index is 4.46. The van der Waals surface area contributed by atoms with Gasteiger partial charge in [0.05, 0.1) is 18.7 Å². The normalized spacial score (nSPS) is 10.7. The molecule has 20 heavy (non-hydrogen) atoms. The van der Waals surface area contributed by atoms with Crippen molar-refractivity contribution in [2.45, 2.75) is 6.67 Å². The molecule has 0 amide bonds. The highest BCUT2D eigenvalue weighted by Gasteiger charge is 2.04. The van der Waals surface area contributed by atoms with Crippen LogP contribution in [0.25, 0.3) is 22.4 Å². The van der Waals surface area contributed by atoms with E-state index in [4.69, 9.17) is 0 Å². The molecule has 0 fully saturated rings. The second-order valence-corrected chi connectivity index (χ2v) is 4.73. The Labute approximate surface area is 118 Å². The van der Waals surface area contributed by atoms with Crippen LogP contribution >= 0.6 is 0 Å². The van der Waals surface area contributed by atoms with E-state index < -0.39 is 0 Å². The van der Waals surface area contributed by atoms with E-state index in [-0.39, 0.29) is 0 Å². The minimum Gasteiger partial charge on any atom is -0.324 e. The van der Waals surface area contributed by atoms with Crippen LogP contribution in [0.5, 0.6) is 0 Å². The zero-order chi connectivity index (χ0) is 13.8. The molecular formula is C17H17N3. The van der Waals surface area contributed by atoms with Crippen LogP contribution in [0.15, 0.2) is 67.1 Å². The van der Waals surface area contributed by atoms with Crippen LogP contribution in [0.2, 0.25) is 0 Å². The number of aromatic nitrogens is 2. The van der Waals surface area contributed by atoms with Gasteiger partial charge in [0.15, 0.2) is 0 Å². The van der Waals surface area contributed by atoms with Crippen LogP contribution in [0, 0.1) is 0 Å². The van der Waals surface area contributed by atoms with Crippen molar-refractivity contribution in [1.82, 2.24) is 14.9 Å². The van der Waals surface area contributed by atoms with Crippen LogP contribution < -0.4 is 5.32 Å². The van der Waals surface area contributed by atoms with Crippen LogP contribution in [0.1, 0.15) is 0 Å². The Kier molecular flexibility index (Phi) is 3.61. The predicted octanol–water partition coefficient (Wildman–Crippen LogP) is 3.39. The first-order valence-electron chi connectivity index (χ1n) is 6.69. The van der Waals surface area contributed by atoms with Gasteiger partial charge in [-0.05, 0) is 24.2 Å². The Morgan fingerprint density at radius 2 is 1.70 bits per heavy atom. The highest BCUT2D eigenvalue weighted by Crippen LogP contribution is 2.25. The number of hydrogen-bond acceptors (Lipinski definition) is 2. The number of nitrogens with one attached hydrogen (secondary N) is 1. The van der Waals surface area contributed by atoms with Crippen LogP contribution in [0.4, 0.5) is 0 Å². The number of imidazole rings is 1. The van der Waals surface area contributed by atoms with E-state index in [9.17, 15) is 0 Å². The fourth-order valence-corrected chi connectivity index (χ4v) is 2.27. The lowest BCUT2D eigenvalue weighted by atomic mass is 10.0. The second kappa shape index (κ2) is 5.72. The van der Waals surface area contributed by atoms with Gasteiger partial charge in [0.1, 0.15) is 0 Å². The van der Waals surface area contributed by atoms with Crippen molar-refractivity contribution in [1.29, 1.82) is 0 Å². The maximum absolute atomic E-state index is 4.46. The number of hydrogen-bond donors (Lipinski definition) is 1. The smallest absolute Gasteiger partial charge is 0.0964 e. The molecule has 0 unspecified atom stereocenters. The summed E-state index contributed by atoms with van der Waals surface area (Å²) in [5.41, 5.74) is 4.58. The summed E-state index contributed by atoms with van der Waals surface area (Å²) in [4.78, 5) is 4.46. The van der Waals surface area contributed by atoms with Crippen LogP contribution in [-0.4, -0.2) is 16.6 Å². The molecule has 2 aromatic carbocycles. The molecule has 3 rings (SSSR count). The highest BCUT2D eigenvalue weighted by molar-refractivity contribution is 5.71. The van der Waals surface area contributed by atoms with Gasteiger partial charge in [-0.1, -0.05) is 48.5 Å². The molecule has 100 valence electrons. The van der Waals surface area contributed by atoms with Gasteiger partial charge < -0.3 is 9.88 Å². The summed E-state index contributed by atoms with van der Waals surface area (Å²) in [5.74, 6) is 0. The molecule has 0 spiro atoms. The van der Waals surface area contributed by atoms with Gasteiger partial charge in [-0.15, -0.1) is 0 Å². The lowest BCUT2D eigenvalue weighted by Crippen LogP contribution is -2.10. The van der Waals surface area contributed by atoms with Gasteiger partial charge in [-0.2, -0.15) is 0 Å². The Hall–Kier alpha value is -2.39. The Morgan fingerprint density at radius 1 is 0.950 bits per heavy atom. The van der Waals surface area contributed by atoms with E-state index >= 15 is 0 Å². The molecule has 0 saturated heterocycles. The fourth-order valence-electron chi connectivity index (χ4n) is 2.27. The molecule has 1 aromatic heterocycles. The van der Waals surface area contributed by atoms with Crippen molar-refractivity contribution >= 4 is 0 Å². The maximum Gasteiger partial charge on any atom is 0.0964 e. The average molecular weight is 263 g/mol. The number of nitrogens with zero attached hydrogens (tertiary/aromatic N) is 2. The SMILES string of the molecule is CNCn1cnc(-c2cccc(-c3ccccc3)c2)c1. The summed E-state index contributed by atoms with van der Waals surface area (Å²) in [6, 6.07) is 18.9. The molecule has 0 radical (unpaired) electrons. The molecule has 0 aliphatic rings. The third-order valence-corrected chi connectivity index (χ3v) is 3.24. The first-order valence-corrected chi connectivity index (χ1v) is 6.69. The van der Waals surface area contributed by atoms with Crippen molar-refractivity contribution in [2.75, 3.05) is 7.05 Å². The van der Waals surface area contributed by atoms with E-state index in [0.29, 0.717) is 0 Å². The fraction of sp³-hybridized carbons (Fsp3) is 0.118. The Morgan fingerprint density at radius 3 is 2.50 bits per heavy atom. The van der Waals surface area contributed by atoms with Gasteiger partial charge in [0.2, 0.25) is 0 Å². The van der Waals surface area contributed by atoms with Crippen molar-refractivity contribution in [3.63, 3.8) is 0 Å². The van der Waals surface area contributed by atoms with Gasteiger partial charge in [0.25, 0.3) is 0 Å². The summed E-state index contributed by atoms with van der Waals surface area (Å²) < 4.78 is 2.03. The predicted molar refractivity (Wildman–Crippen MR) is 82.2 cm³/mol. The average Bonchev–Trinajstić information content (AvgIpc) is 2.97. The Balaban J connectivity index is 1.94. The van der Waals surface area contributed by atoms with Crippen LogP contribution in [-0.2, 0) is 6.67 Å². The standard InChI is InChI=1S/C17H17N3/c1-18-12-20-11-17(19-13-20)16-9-5-8-15(10-16)14-6-3-2-4-7-14/h2-11,13,18H,12H2,1H3. The second-order valence-electron chi connectivity index (χ2n) is 4.73. The lowest BCUT2D eigenvalue weighted by Gasteiger charge is -2.04. The van der Waals surface area contributed by atoms with Crippen molar-refractivity contribution in [2.24, 2.45) is 0 Å². The quantitative estimate of drug-likeness (QED) is 0.782. The molecule has 0 bridgehead atoms. The Bertz CT molecular complexity index is 686. The first-order chi connectivity index (χ1) is 9.86. The topological polar surface area (TPSA) is 29.9 Å². The van der Waals surface area contributed by atoms with Crippen molar-refractivity contribution < 1.29 is 0 Å². The molecule has 0 aliphatic carbocycles. The van der Waals surface area contributed by atoms with Crippen LogP contribution in [0.3, 0.4) is 0 Å². The summed E-state index contributed by atoms with van der Waals surface area (Å²) in [5, 5.41) is 3.11. The molecule has 3 nitrogen and oxygen atoms in total. The molecule has 1 heterocycles. The van der Waals surface area contributed by atoms with E-state index in [1.54, 1.807) is 0 Å². The molecule has 3 aromatic rings. The van der Waals surface area contributed by atoms with Gasteiger partial charge in [-0.3, -0.25) is 0 Å².